The van der Waals surface area contributed by atoms with Crippen LogP contribution in [-0.2, 0) is 23.0 Å². The highest BCUT2D eigenvalue weighted by Crippen LogP contribution is 2.17. The van der Waals surface area contributed by atoms with E-state index in [1.54, 1.807) is 12.1 Å². The Hall–Kier alpha value is -0.910. The quantitative estimate of drug-likeness (QED) is 0.689. The molecule has 0 saturated carbocycles. The van der Waals surface area contributed by atoms with E-state index < -0.39 is 10.0 Å². The highest BCUT2D eigenvalue weighted by molar-refractivity contribution is 7.89. The van der Waals surface area contributed by atoms with Crippen LogP contribution in [0.3, 0.4) is 0 Å². The Morgan fingerprint density at radius 2 is 1.86 bits per heavy atom. The van der Waals surface area contributed by atoms with Crippen molar-refractivity contribution in [2.24, 2.45) is 0 Å². The van der Waals surface area contributed by atoms with Crippen LogP contribution in [0, 0.1) is 0 Å². The van der Waals surface area contributed by atoms with Gasteiger partial charge in [-0.3, -0.25) is 0 Å². The van der Waals surface area contributed by atoms with Crippen LogP contribution >= 0.6 is 0 Å². The lowest BCUT2D eigenvalue weighted by atomic mass is 10.1. The van der Waals surface area contributed by atoms with Crippen molar-refractivity contribution in [2.45, 2.75) is 64.4 Å². The van der Waals surface area contributed by atoms with Crippen molar-refractivity contribution < 1.29 is 8.42 Å². The van der Waals surface area contributed by atoms with Gasteiger partial charge in [0.25, 0.3) is 0 Å². The number of sulfonamides is 1. The summed E-state index contributed by atoms with van der Waals surface area (Å²) < 4.78 is 27.4. The van der Waals surface area contributed by atoms with Gasteiger partial charge in [-0.05, 0) is 56.0 Å². The van der Waals surface area contributed by atoms with Crippen LogP contribution in [0.5, 0.6) is 0 Å². The minimum Gasteiger partial charge on any atom is -0.313 e. The Bertz CT molecular complexity index is 541. The number of rotatable bonds is 9. The molecule has 0 aromatic heterocycles. The van der Waals surface area contributed by atoms with Gasteiger partial charge in [-0.25, -0.2) is 13.1 Å². The maximum atomic E-state index is 12.4. The fraction of sp³-hybridized carbons (Fsp3) is 0.625. The Morgan fingerprint density at radius 1 is 1.14 bits per heavy atom. The molecule has 0 heterocycles. The molecule has 0 spiro atoms. The maximum Gasteiger partial charge on any atom is 0.240 e. The molecule has 21 heavy (non-hydrogen) atoms. The predicted octanol–water partition coefficient (Wildman–Crippen LogP) is 2.83. The lowest BCUT2D eigenvalue weighted by Crippen LogP contribution is -2.32. The van der Waals surface area contributed by atoms with E-state index in [1.807, 2.05) is 19.9 Å². The van der Waals surface area contributed by atoms with Crippen molar-refractivity contribution in [3.05, 3.63) is 29.3 Å². The summed E-state index contributed by atoms with van der Waals surface area (Å²) in [5.74, 6) is 0. The van der Waals surface area contributed by atoms with Gasteiger partial charge in [-0.2, -0.15) is 0 Å². The fourth-order valence-corrected chi connectivity index (χ4v) is 3.47. The molecule has 1 aromatic rings. The average Bonchev–Trinajstić information content (AvgIpc) is 2.46. The second-order valence-corrected chi connectivity index (χ2v) is 7.11. The normalized spacial score (nSPS) is 13.3. The van der Waals surface area contributed by atoms with E-state index in [2.05, 4.69) is 23.9 Å². The monoisotopic (exact) mass is 312 g/mol. The lowest BCUT2D eigenvalue weighted by molar-refractivity contribution is 0.555. The molecule has 1 aromatic carbocycles. The molecule has 5 heteroatoms. The smallest absolute Gasteiger partial charge is 0.240 e. The largest absolute Gasteiger partial charge is 0.313 e. The van der Waals surface area contributed by atoms with E-state index in [1.165, 1.54) is 5.56 Å². The van der Waals surface area contributed by atoms with Crippen molar-refractivity contribution >= 4 is 10.0 Å². The summed E-state index contributed by atoms with van der Waals surface area (Å²) in [6.45, 7) is 9.69. The van der Waals surface area contributed by atoms with Gasteiger partial charge < -0.3 is 5.32 Å². The summed E-state index contributed by atoms with van der Waals surface area (Å²) in [4.78, 5) is 0.355. The standard InChI is InChI=1S/C16H28N2O2S/c1-5-10-17-12-15-11-16(9-8-14(15)7-3)21(19,20)18-13(4)6-2/h8-9,11,13,17-18H,5-7,10,12H2,1-4H3. The number of aryl methyl sites for hydroxylation is 1. The molecule has 2 N–H and O–H groups in total. The van der Waals surface area contributed by atoms with Gasteiger partial charge in [0.2, 0.25) is 10.0 Å². The molecule has 120 valence electrons. The molecule has 0 aliphatic heterocycles. The summed E-state index contributed by atoms with van der Waals surface area (Å²) in [6, 6.07) is 5.37. The zero-order valence-corrected chi connectivity index (χ0v) is 14.4. The van der Waals surface area contributed by atoms with Crippen molar-refractivity contribution in [3.8, 4) is 0 Å². The molecule has 0 aliphatic rings. The Labute approximate surface area is 129 Å². The minimum atomic E-state index is -3.43. The summed E-state index contributed by atoms with van der Waals surface area (Å²) in [6.07, 6.45) is 2.74. The van der Waals surface area contributed by atoms with Gasteiger partial charge in [0.05, 0.1) is 4.90 Å². The summed E-state index contributed by atoms with van der Waals surface area (Å²) in [5, 5.41) is 3.34. The predicted molar refractivity (Wildman–Crippen MR) is 87.9 cm³/mol. The number of hydrogen-bond donors (Lipinski definition) is 2. The van der Waals surface area contributed by atoms with Crippen LogP contribution in [0.4, 0.5) is 0 Å². The third kappa shape index (κ3) is 5.41. The van der Waals surface area contributed by atoms with E-state index in [0.717, 1.165) is 31.4 Å². The van der Waals surface area contributed by atoms with Crippen LogP contribution in [-0.4, -0.2) is 21.0 Å². The molecule has 1 unspecified atom stereocenters. The summed E-state index contributed by atoms with van der Waals surface area (Å²) in [5.41, 5.74) is 2.26. The van der Waals surface area contributed by atoms with E-state index in [0.29, 0.717) is 11.4 Å². The molecule has 0 radical (unpaired) electrons. The molecular weight excluding hydrogens is 284 g/mol. The number of hydrogen-bond acceptors (Lipinski definition) is 3. The van der Waals surface area contributed by atoms with Crippen LogP contribution < -0.4 is 10.0 Å². The first kappa shape index (κ1) is 18.1. The van der Waals surface area contributed by atoms with Crippen molar-refractivity contribution in [1.29, 1.82) is 0 Å². The SMILES string of the molecule is CCCNCc1cc(S(=O)(=O)NC(C)CC)ccc1CC. The minimum absolute atomic E-state index is 0.0532. The summed E-state index contributed by atoms with van der Waals surface area (Å²) in [7, 11) is -3.43. The zero-order chi connectivity index (χ0) is 15.9. The highest BCUT2D eigenvalue weighted by Gasteiger charge is 2.17. The van der Waals surface area contributed by atoms with Crippen molar-refractivity contribution in [2.75, 3.05) is 6.54 Å². The zero-order valence-electron chi connectivity index (χ0n) is 13.6. The fourth-order valence-electron chi connectivity index (χ4n) is 2.09. The second kappa shape index (κ2) is 8.51. The van der Waals surface area contributed by atoms with E-state index in [9.17, 15) is 8.42 Å². The van der Waals surface area contributed by atoms with Gasteiger partial charge in [0, 0.05) is 12.6 Å². The van der Waals surface area contributed by atoms with Crippen LogP contribution in [0.25, 0.3) is 0 Å². The first-order chi connectivity index (χ1) is 9.94. The van der Waals surface area contributed by atoms with Crippen molar-refractivity contribution in [3.63, 3.8) is 0 Å². The maximum absolute atomic E-state index is 12.4. The van der Waals surface area contributed by atoms with E-state index in [-0.39, 0.29) is 6.04 Å². The molecule has 0 aliphatic carbocycles. The van der Waals surface area contributed by atoms with Gasteiger partial charge >= 0.3 is 0 Å². The number of nitrogens with one attached hydrogen (secondary N) is 2. The first-order valence-corrected chi connectivity index (χ1v) is 9.27. The highest BCUT2D eigenvalue weighted by atomic mass is 32.2. The van der Waals surface area contributed by atoms with Gasteiger partial charge in [0.15, 0.2) is 0 Å². The molecule has 0 bridgehead atoms. The third-order valence-corrected chi connectivity index (χ3v) is 5.17. The van der Waals surface area contributed by atoms with Crippen molar-refractivity contribution in [1.82, 2.24) is 10.0 Å². The molecular formula is C16H28N2O2S. The second-order valence-electron chi connectivity index (χ2n) is 5.39. The molecule has 0 fully saturated rings. The Balaban J connectivity index is 3.00. The third-order valence-electron chi connectivity index (χ3n) is 3.58. The van der Waals surface area contributed by atoms with Gasteiger partial charge in [0.1, 0.15) is 0 Å². The van der Waals surface area contributed by atoms with Crippen LogP contribution in [0.2, 0.25) is 0 Å². The molecule has 0 saturated heterocycles. The molecule has 1 rings (SSSR count). The Morgan fingerprint density at radius 3 is 2.43 bits per heavy atom. The molecule has 4 nitrogen and oxygen atoms in total. The van der Waals surface area contributed by atoms with E-state index in [4.69, 9.17) is 0 Å². The van der Waals surface area contributed by atoms with Crippen LogP contribution in [0.15, 0.2) is 23.1 Å². The van der Waals surface area contributed by atoms with Gasteiger partial charge in [-0.15, -0.1) is 0 Å². The van der Waals surface area contributed by atoms with Gasteiger partial charge in [-0.1, -0.05) is 26.8 Å². The molecule has 1 atom stereocenters. The first-order valence-electron chi connectivity index (χ1n) is 7.79. The number of benzene rings is 1. The van der Waals surface area contributed by atoms with Crippen LogP contribution in [0.1, 0.15) is 51.7 Å². The molecule has 0 amide bonds. The average molecular weight is 312 g/mol. The van der Waals surface area contributed by atoms with E-state index >= 15 is 0 Å². The topological polar surface area (TPSA) is 58.2 Å². The lowest BCUT2D eigenvalue weighted by Gasteiger charge is -2.15. The summed E-state index contributed by atoms with van der Waals surface area (Å²) >= 11 is 0. The Kier molecular flexibility index (Phi) is 7.35.